The molecule has 2 aromatic heterocycles. The highest BCUT2D eigenvalue weighted by Crippen LogP contribution is 2.36. The van der Waals surface area contributed by atoms with E-state index in [0.29, 0.717) is 18.4 Å². The number of rotatable bonds is 8. The van der Waals surface area contributed by atoms with Gasteiger partial charge in [-0.05, 0) is 97.3 Å². The van der Waals surface area contributed by atoms with Crippen molar-refractivity contribution in [2.45, 2.75) is 32.7 Å². The SMILES string of the molecule is Cc1cc(/C=C/C#N)cc(C)c1Oc1nc(Nc2ccc(N3CCCC(NS(N)(=O)=O)C3)cc2)nc2ccsc12. The Labute approximate surface area is 237 Å². The summed E-state index contributed by atoms with van der Waals surface area (Å²) < 4.78 is 32.6. The zero-order valence-electron chi connectivity index (χ0n) is 22.1. The maximum Gasteiger partial charge on any atom is 0.274 e. The molecule has 1 aliphatic rings. The summed E-state index contributed by atoms with van der Waals surface area (Å²) in [6.45, 7) is 5.32. The second kappa shape index (κ2) is 11.6. The topological polar surface area (TPSA) is 146 Å². The number of aryl methyl sites for hydroxylation is 2. The van der Waals surface area contributed by atoms with Gasteiger partial charge in [-0.25, -0.2) is 10.1 Å². The second-order valence-corrected chi connectivity index (χ2v) is 11.9. The van der Waals surface area contributed by atoms with Gasteiger partial charge in [0.2, 0.25) is 11.8 Å². The minimum atomic E-state index is -3.74. The van der Waals surface area contributed by atoms with Crippen molar-refractivity contribution in [2.24, 2.45) is 5.14 Å². The van der Waals surface area contributed by atoms with Crippen molar-refractivity contribution in [2.75, 3.05) is 23.3 Å². The normalized spacial score (nSPS) is 15.8. The molecule has 0 aliphatic carbocycles. The highest BCUT2D eigenvalue weighted by molar-refractivity contribution is 7.87. The van der Waals surface area contributed by atoms with Gasteiger partial charge in [0, 0.05) is 36.6 Å². The first kappa shape index (κ1) is 27.5. The van der Waals surface area contributed by atoms with Crippen molar-refractivity contribution < 1.29 is 13.2 Å². The maximum absolute atomic E-state index is 11.4. The van der Waals surface area contributed by atoms with Crippen LogP contribution in [0.2, 0.25) is 0 Å². The van der Waals surface area contributed by atoms with Crippen LogP contribution >= 0.6 is 11.3 Å². The molecule has 206 valence electrons. The summed E-state index contributed by atoms with van der Waals surface area (Å²) in [5.74, 6) is 1.59. The Morgan fingerprint density at radius 2 is 1.93 bits per heavy atom. The molecule has 1 fully saturated rings. The van der Waals surface area contributed by atoms with E-state index >= 15 is 0 Å². The summed E-state index contributed by atoms with van der Waals surface area (Å²) in [5, 5.41) is 19.2. The van der Waals surface area contributed by atoms with E-state index in [1.165, 1.54) is 17.4 Å². The fourth-order valence-corrected chi connectivity index (χ4v) is 6.27. The first-order chi connectivity index (χ1) is 19.2. The van der Waals surface area contributed by atoms with E-state index < -0.39 is 10.2 Å². The minimum absolute atomic E-state index is 0.219. The Bertz CT molecular complexity index is 1690. The zero-order chi connectivity index (χ0) is 28.3. The van der Waals surface area contributed by atoms with E-state index in [2.05, 4.69) is 19.9 Å². The number of allylic oxidation sites excluding steroid dienone is 1. The molecule has 10 nitrogen and oxygen atoms in total. The molecule has 1 saturated heterocycles. The molecule has 3 heterocycles. The number of anilines is 3. The second-order valence-electron chi connectivity index (χ2n) is 9.66. The third kappa shape index (κ3) is 6.57. The molecule has 4 N–H and O–H groups in total. The Morgan fingerprint density at radius 3 is 2.62 bits per heavy atom. The van der Waals surface area contributed by atoms with Gasteiger partial charge < -0.3 is 15.0 Å². The van der Waals surface area contributed by atoms with Crippen LogP contribution in [0, 0.1) is 25.2 Å². The number of fused-ring (bicyclic) bond motifs is 1. The third-order valence-corrected chi connectivity index (χ3v) is 8.10. The number of nitrogens with zero attached hydrogens (tertiary/aromatic N) is 4. The van der Waals surface area contributed by atoms with Crippen LogP contribution in [0.3, 0.4) is 0 Å². The highest BCUT2D eigenvalue weighted by atomic mass is 32.2. The number of thiophene rings is 1. The Morgan fingerprint density at radius 1 is 1.18 bits per heavy atom. The molecule has 5 rings (SSSR count). The molecule has 4 aromatic rings. The lowest BCUT2D eigenvalue weighted by Crippen LogP contribution is -2.49. The molecule has 12 heteroatoms. The monoisotopic (exact) mass is 575 g/mol. The number of piperidine rings is 1. The van der Waals surface area contributed by atoms with E-state index in [9.17, 15) is 8.42 Å². The summed E-state index contributed by atoms with van der Waals surface area (Å²) in [5.41, 5.74) is 5.37. The molecule has 40 heavy (non-hydrogen) atoms. The third-order valence-electron chi connectivity index (χ3n) is 6.55. The van der Waals surface area contributed by atoms with Gasteiger partial charge in [-0.3, -0.25) is 0 Å². The number of nitrogens with one attached hydrogen (secondary N) is 2. The lowest BCUT2D eigenvalue weighted by molar-refractivity contribution is 0.463. The first-order valence-corrected chi connectivity index (χ1v) is 15.1. The van der Waals surface area contributed by atoms with Crippen molar-refractivity contribution in [1.82, 2.24) is 14.7 Å². The van der Waals surface area contributed by atoms with Crippen LogP contribution in [0.5, 0.6) is 11.6 Å². The predicted octanol–water partition coefficient (Wildman–Crippen LogP) is 5.14. The van der Waals surface area contributed by atoms with Crippen LogP contribution in [-0.4, -0.2) is 37.5 Å². The average Bonchev–Trinajstić information content (AvgIpc) is 3.38. The Hall–Kier alpha value is -4.02. The summed E-state index contributed by atoms with van der Waals surface area (Å²) >= 11 is 1.51. The number of hydrogen-bond donors (Lipinski definition) is 3. The van der Waals surface area contributed by atoms with Crippen LogP contribution in [0.1, 0.15) is 29.5 Å². The maximum atomic E-state index is 11.4. The van der Waals surface area contributed by atoms with Crippen molar-refractivity contribution in [3.05, 3.63) is 70.6 Å². The van der Waals surface area contributed by atoms with Crippen LogP contribution < -0.4 is 24.8 Å². The van der Waals surface area contributed by atoms with Gasteiger partial charge in [0.05, 0.1) is 11.6 Å². The van der Waals surface area contributed by atoms with Crippen molar-refractivity contribution >= 4 is 55.2 Å². The lowest BCUT2D eigenvalue weighted by atomic mass is 10.1. The molecule has 0 bridgehead atoms. The lowest BCUT2D eigenvalue weighted by Gasteiger charge is -2.34. The van der Waals surface area contributed by atoms with E-state index in [4.69, 9.17) is 20.1 Å². The molecule has 0 amide bonds. The van der Waals surface area contributed by atoms with Crippen LogP contribution in [-0.2, 0) is 10.2 Å². The van der Waals surface area contributed by atoms with Crippen molar-refractivity contribution in [1.29, 1.82) is 5.26 Å². The summed E-state index contributed by atoms with van der Waals surface area (Å²) in [7, 11) is -3.74. The molecule has 1 atom stereocenters. The number of benzene rings is 2. The van der Waals surface area contributed by atoms with Gasteiger partial charge in [-0.2, -0.15) is 23.4 Å². The van der Waals surface area contributed by atoms with Gasteiger partial charge in [0.25, 0.3) is 10.2 Å². The summed E-state index contributed by atoms with van der Waals surface area (Å²) in [4.78, 5) is 11.5. The molecular weight excluding hydrogens is 546 g/mol. The standard InChI is InChI=1S/C28H29N7O3S2/c1-18-15-20(5-3-12-29)16-19(2)25(18)38-27-26-24(11-14-39-26)32-28(33-27)31-21-7-9-23(10-8-21)35-13-4-6-22(17-35)34-40(30,36)37/h3,5,7-11,14-16,22,34H,4,6,13,17H2,1-2H3,(H2,30,36,37)(H,31,32,33)/b5-3+. The molecule has 1 aliphatic heterocycles. The van der Waals surface area contributed by atoms with Crippen LogP contribution in [0.15, 0.2) is 53.9 Å². The molecule has 0 radical (unpaired) electrons. The van der Waals surface area contributed by atoms with E-state index in [-0.39, 0.29) is 6.04 Å². The molecule has 0 saturated carbocycles. The first-order valence-electron chi connectivity index (χ1n) is 12.7. The zero-order valence-corrected chi connectivity index (χ0v) is 23.7. The fraction of sp³-hybridized carbons (Fsp3) is 0.250. The van der Waals surface area contributed by atoms with Gasteiger partial charge in [-0.15, -0.1) is 11.3 Å². The van der Waals surface area contributed by atoms with Gasteiger partial charge in [0.15, 0.2) is 0 Å². The van der Waals surface area contributed by atoms with E-state index in [0.717, 1.165) is 63.4 Å². The van der Waals surface area contributed by atoms with Gasteiger partial charge >= 0.3 is 0 Å². The summed E-state index contributed by atoms with van der Waals surface area (Å²) in [6.07, 6.45) is 4.83. The Kier molecular flexibility index (Phi) is 7.99. The van der Waals surface area contributed by atoms with Crippen molar-refractivity contribution in [3.8, 4) is 17.7 Å². The number of aromatic nitrogens is 2. The van der Waals surface area contributed by atoms with Gasteiger partial charge in [0.1, 0.15) is 10.4 Å². The van der Waals surface area contributed by atoms with Gasteiger partial charge in [-0.1, -0.05) is 0 Å². The average molecular weight is 576 g/mol. The quantitative estimate of drug-likeness (QED) is 0.245. The highest BCUT2D eigenvalue weighted by Gasteiger charge is 2.23. The van der Waals surface area contributed by atoms with Crippen LogP contribution in [0.25, 0.3) is 16.3 Å². The number of ether oxygens (including phenoxy) is 1. The number of hydrogen-bond acceptors (Lipinski definition) is 9. The predicted molar refractivity (Wildman–Crippen MR) is 159 cm³/mol. The minimum Gasteiger partial charge on any atom is -0.437 e. The largest absolute Gasteiger partial charge is 0.437 e. The smallest absolute Gasteiger partial charge is 0.274 e. The molecular formula is C28H29N7O3S2. The number of nitriles is 1. The van der Waals surface area contributed by atoms with E-state index in [1.54, 1.807) is 6.08 Å². The Balaban J connectivity index is 1.35. The van der Waals surface area contributed by atoms with E-state index in [1.807, 2.05) is 67.8 Å². The summed E-state index contributed by atoms with van der Waals surface area (Å²) in [6, 6.07) is 15.5. The fourth-order valence-electron chi connectivity index (χ4n) is 4.86. The van der Waals surface area contributed by atoms with Crippen LogP contribution in [0.4, 0.5) is 17.3 Å². The number of nitrogens with two attached hydrogens (primary N) is 1. The molecule has 2 aromatic carbocycles. The molecule has 0 spiro atoms. The van der Waals surface area contributed by atoms with Crippen molar-refractivity contribution in [3.63, 3.8) is 0 Å². The molecule has 1 unspecified atom stereocenters.